The van der Waals surface area contributed by atoms with E-state index in [4.69, 9.17) is 5.10 Å². The number of amides is 1. The van der Waals surface area contributed by atoms with E-state index < -0.39 is 5.82 Å². The Balaban J connectivity index is 1.18. The van der Waals surface area contributed by atoms with Crippen molar-refractivity contribution in [2.24, 2.45) is 4.99 Å². The fourth-order valence-corrected chi connectivity index (χ4v) is 6.29. The van der Waals surface area contributed by atoms with Gasteiger partial charge in [-0.2, -0.15) is 10.4 Å². The molecule has 5 heterocycles. The molecule has 1 aromatic carbocycles. The maximum Gasteiger partial charge on any atom is 0.253 e. The minimum absolute atomic E-state index is 0.0773. The van der Waals surface area contributed by atoms with Crippen LogP contribution in [0.15, 0.2) is 65.7 Å². The highest BCUT2D eigenvalue weighted by Crippen LogP contribution is 2.41. The molecule has 0 spiro atoms. The van der Waals surface area contributed by atoms with Gasteiger partial charge < -0.3 is 9.88 Å². The number of hydrogen-bond acceptors (Lipinski definition) is 5. The maximum absolute atomic E-state index is 13.6. The smallest absolute Gasteiger partial charge is 0.253 e. The number of carbonyl (C=O) groups excluding carboxylic acids is 1. The molecule has 1 amide bonds. The zero-order valence-corrected chi connectivity index (χ0v) is 23.0. The molecule has 0 bridgehead atoms. The van der Waals surface area contributed by atoms with Crippen LogP contribution in [0, 0.1) is 17.1 Å². The van der Waals surface area contributed by atoms with E-state index in [0.29, 0.717) is 25.1 Å². The monoisotopic (exact) mass is 539 g/mol. The number of H-pyrrole nitrogens is 1. The normalized spacial score (nSPS) is 20.0. The lowest BCUT2D eigenvalue weighted by Gasteiger charge is -2.58. The number of allylic oxidation sites excluding steroid dienone is 1. The van der Waals surface area contributed by atoms with Gasteiger partial charge in [0.25, 0.3) is 5.91 Å². The van der Waals surface area contributed by atoms with Crippen molar-refractivity contribution in [1.29, 1.82) is 5.26 Å². The summed E-state index contributed by atoms with van der Waals surface area (Å²) in [4.78, 5) is 25.1. The van der Waals surface area contributed by atoms with E-state index in [0.717, 1.165) is 55.0 Å². The van der Waals surface area contributed by atoms with Gasteiger partial charge in [-0.15, -0.1) is 0 Å². The van der Waals surface area contributed by atoms with Crippen LogP contribution in [0.3, 0.4) is 0 Å². The van der Waals surface area contributed by atoms with Gasteiger partial charge >= 0.3 is 0 Å². The Hall–Kier alpha value is -4.03. The number of aromatic nitrogens is 3. The van der Waals surface area contributed by atoms with Crippen molar-refractivity contribution in [2.45, 2.75) is 57.0 Å². The van der Waals surface area contributed by atoms with E-state index in [-0.39, 0.29) is 17.0 Å². The molecule has 0 atom stereocenters. The Kier molecular flexibility index (Phi) is 6.67. The highest BCUT2D eigenvalue weighted by molar-refractivity contribution is 5.94. The average molecular weight is 540 g/mol. The summed E-state index contributed by atoms with van der Waals surface area (Å²) in [5.74, 6) is -0.518. The van der Waals surface area contributed by atoms with Crippen molar-refractivity contribution in [1.82, 2.24) is 24.6 Å². The van der Waals surface area contributed by atoms with E-state index in [2.05, 4.69) is 47.1 Å². The van der Waals surface area contributed by atoms with Crippen LogP contribution in [-0.4, -0.2) is 62.2 Å². The molecule has 8 nitrogen and oxygen atoms in total. The van der Waals surface area contributed by atoms with Crippen LogP contribution in [-0.2, 0) is 5.54 Å². The third-order valence-electron chi connectivity index (χ3n) is 9.04. The van der Waals surface area contributed by atoms with Crippen LogP contribution >= 0.6 is 0 Å². The predicted molar refractivity (Wildman–Crippen MR) is 149 cm³/mol. The quantitative estimate of drug-likeness (QED) is 0.519. The highest BCUT2D eigenvalue weighted by Gasteiger charge is 2.52. The summed E-state index contributed by atoms with van der Waals surface area (Å²) in [7, 11) is 0. The first-order valence-electron chi connectivity index (χ1n) is 14.0. The van der Waals surface area contributed by atoms with E-state index in [9.17, 15) is 14.4 Å². The lowest BCUT2D eigenvalue weighted by Crippen LogP contribution is -2.70. The van der Waals surface area contributed by atoms with Gasteiger partial charge in [-0.1, -0.05) is 13.0 Å². The van der Waals surface area contributed by atoms with Crippen LogP contribution < -0.4 is 10.7 Å². The lowest BCUT2D eigenvalue weighted by atomic mass is 9.78. The van der Waals surface area contributed by atoms with Crippen molar-refractivity contribution in [3.63, 3.8) is 0 Å². The fraction of sp³-hybridized carbons (Fsp3) is 0.419. The highest BCUT2D eigenvalue weighted by atomic mass is 19.1. The summed E-state index contributed by atoms with van der Waals surface area (Å²) in [6.45, 7) is 7.10. The second-order valence-corrected chi connectivity index (χ2v) is 11.6. The van der Waals surface area contributed by atoms with Crippen LogP contribution in [0.5, 0.6) is 0 Å². The molecule has 0 aliphatic carbocycles. The van der Waals surface area contributed by atoms with Gasteiger partial charge in [0.05, 0.1) is 18.7 Å². The summed E-state index contributed by atoms with van der Waals surface area (Å²) >= 11 is 0. The van der Waals surface area contributed by atoms with Gasteiger partial charge in [-0.3, -0.25) is 14.4 Å². The largest absolute Gasteiger partial charge is 0.346 e. The minimum atomic E-state index is -0.396. The standard InChI is InChI=1S/C31H34FN7O/c1-3-22-15-27(26-7-12-34-28(26)35-17-22)24-18-36-39(19-24)31(8-11-33)20-38(21-31)30(2)9-13-37(14-10-30)29(40)23-5-4-6-25(32)16-23/h4-7,12,16-19H,3,8-10,13-15,20-21H2,1-2H3,(H,34,35). The summed E-state index contributed by atoms with van der Waals surface area (Å²) in [6, 6.07) is 10.4. The minimum Gasteiger partial charge on any atom is -0.346 e. The summed E-state index contributed by atoms with van der Waals surface area (Å²) in [5.41, 5.74) is 4.32. The molecule has 3 aliphatic heterocycles. The maximum atomic E-state index is 13.6. The Labute approximate surface area is 233 Å². The Bertz CT molecular complexity index is 1630. The number of benzene rings is 1. The number of likely N-dealkylation sites (tertiary alicyclic amines) is 2. The third kappa shape index (κ3) is 4.56. The zero-order valence-electron chi connectivity index (χ0n) is 23.0. The average Bonchev–Trinajstić information content (AvgIpc) is 3.58. The first-order chi connectivity index (χ1) is 19.3. The molecule has 40 heavy (non-hydrogen) atoms. The molecule has 6 rings (SSSR count). The lowest BCUT2D eigenvalue weighted by molar-refractivity contribution is -0.0854. The third-order valence-corrected chi connectivity index (χ3v) is 9.04. The van der Waals surface area contributed by atoms with Gasteiger partial charge in [0.15, 0.2) is 0 Å². The van der Waals surface area contributed by atoms with E-state index in [1.54, 1.807) is 12.1 Å². The predicted octanol–water partition coefficient (Wildman–Crippen LogP) is 3.49. The Morgan fingerprint density at radius 2 is 2.02 bits per heavy atom. The van der Waals surface area contributed by atoms with Crippen LogP contribution in [0.1, 0.15) is 61.9 Å². The summed E-state index contributed by atoms with van der Waals surface area (Å²) < 4.78 is 15.6. The van der Waals surface area contributed by atoms with E-state index in [1.165, 1.54) is 23.3 Å². The first-order valence-corrected chi connectivity index (χ1v) is 14.0. The van der Waals surface area contributed by atoms with Gasteiger partial charge in [0.1, 0.15) is 16.8 Å². The van der Waals surface area contributed by atoms with Crippen molar-refractivity contribution >= 4 is 11.5 Å². The SMILES string of the molecule is CCC1=CN=c2[nH]ccc2=C(c2cnn(C3(CC#N)CN(C4(C)CCN(C(=O)c5cccc(F)c5)CC4)C3)c2)C1. The fourth-order valence-electron chi connectivity index (χ4n) is 6.29. The van der Waals surface area contributed by atoms with E-state index in [1.807, 2.05) is 28.2 Å². The molecule has 3 aromatic rings. The first kappa shape index (κ1) is 26.2. The number of nitriles is 1. The van der Waals surface area contributed by atoms with Crippen molar-refractivity contribution in [3.05, 3.63) is 88.3 Å². The van der Waals surface area contributed by atoms with Gasteiger partial charge in [-0.05, 0) is 68.0 Å². The number of aromatic amines is 1. The van der Waals surface area contributed by atoms with Crippen LogP contribution in [0.25, 0.3) is 5.57 Å². The van der Waals surface area contributed by atoms with Gasteiger partial charge in [-0.25, -0.2) is 9.38 Å². The molecule has 2 aromatic heterocycles. The van der Waals surface area contributed by atoms with Gasteiger partial charge in [0, 0.05) is 66.7 Å². The topological polar surface area (TPSA) is 93.3 Å². The van der Waals surface area contributed by atoms with Crippen molar-refractivity contribution in [3.8, 4) is 6.07 Å². The number of nitrogens with zero attached hydrogens (tertiary/aromatic N) is 6. The molecule has 0 unspecified atom stereocenters. The molecular formula is C31H34FN7O. The Morgan fingerprint density at radius 3 is 2.75 bits per heavy atom. The Morgan fingerprint density at radius 1 is 1.23 bits per heavy atom. The van der Waals surface area contributed by atoms with Gasteiger partial charge in [0.2, 0.25) is 0 Å². The molecule has 9 heteroatoms. The van der Waals surface area contributed by atoms with Crippen molar-refractivity contribution in [2.75, 3.05) is 26.2 Å². The van der Waals surface area contributed by atoms with E-state index >= 15 is 0 Å². The second-order valence-electron chi connectivity index (χ2n) is 11.6. The molecule has 0 saturated carbocycles. The molecule has 2 saturated heterocycles. The number of nitrogens with one attached hydrogen (secondary N) is 1. The number of rotatable bonds is 6. The molecule has 206 valence electrons. The number of halogens is 1. The summed E-state index contributed by atoms with van der Waals surface area (Å²) in [5, 5.41) is 15.7. The molecule has 2 fully saturated rings. The van der Waals surface area contributed by atoms with Crippen molar-refractivity contribution < 1.29 is 9.18 Å². The number of hydrogen-bond donors (Lipinski definition) is 1. The molecule has 3 aliphatic rings. The molecular weight excluding hydrogens is 505 g/mol. The van der Waals surface area contributed by atoms with Crippen LogP contribution in [0.2, 0.25) is 0 Å². The second kappa shape index (κ2) is 10.2. The zero-order chi connectivity index (χ0) is 27.9. The number of piperidine rings is 1. The molecule has 1 N–H and O–H groups in total. The number of carbonyl (C=O) groups is 1. The number of fused-ring (bicyclic) bond motifs is 1. The summed E-state index contributed by atoms with van der Waals surface area (Å²) in [6.07, 6.45) is 11.7. The van der Waals surface area contributed by atoms with Crippen LogP contribution in [0.4, 0.5) is 4.39 Å². The molecule has 0 radical (unpaired) electrons.